The van der Waals surface area contributed by atoms with Crippen molar-refractivity contribution in [2.75, 3.05) is 0 Å². The van der Waals surface area contributed by atoms with Crippen LogP contribution in [0, 0.1) is 12.7 Å². The van der Waals surface area contributed by atoms with Gasteiger partial charge in [0.1, 0.15) is 5.82 Å². The first-order chi connectivity index (χ1) is 8.54. The zero-order valence-corrected chi connectivity index (χ0v) is 11.8. The van der Waals surface area contributed by atoms with Crippen LogP contribution in [0.1, 0.15) is 24.3 Å². The van der Waals surface area contributed by atoms with E-state index in [0.29, 0.717) is 6.04 Å². The Kier molecular flexibility index (Phi) is 4.15. The molecule has 0 atom stereocenters. The molecule has 1 N–H and O–H groups in total. The first-order valence-electron chi connectivity index (χ1n) is 6.14. The van der Waals surface area contributed by atoms with E-state index in [1.807, 2.05) is 13.0 Å². The second-order valence-corrected chi connectivity index (χ2v) is 5.99. The second kappa shape index (κ2) is 5.63. The lowest BCUT2D eigenvalue weighted by atomic mass is 10.1. The van der Waals surface area contributed by atoms with Gasteiger partial charge < -0.3 is 5.32 Å². The van der Waals surface area contributed by atoms with Crippen LogP contribution in [0.3, 0.4) is 0 Å². The fourth-order valence-electron chi connectivity index (χ4n) is 1.81. The third-order valence-electron chi connectivity index (χ3n) is 2.67. The Morgan fingerprint density at radius 2 is 2.00 bits per heavy atom. The van der Waals surface area contributed by atoms with Gasteiger partial charge in [-0.15, -0.1) is 11.3 Å². The average Bonchev–Trinajstić information content (AvgIpc) is 2.73. The normalized spacial score (nSPS) is 11.2. The van der Waals surface area contributed by atoms with Gasteiger partial charge in [-0.1, -0.05) is 19.9 Å². The summed E-state index contributed by atoms with van der Waals surface area (Å²) in [5.74, 6) is -0.166. The minimum atomic E-state index is -0.166. The Balaban J connectivity index is 2.18. The molecule has 0 saturated carbocycles. The minimum Gasteiger partial charge on any atom is -0.310 e. The molecule has 0 bridgehead atoms. The summed E-state index contributed by atoms with van der Waals surface area (Å²) < 4.78 is 13.4. The predicted octanol–water partition coefficient (Wildman–Crippen LogP) is 4.36. The van der Waals surface area contributed by atoms with E-state index in [9.17, 15) is 4.39 Å². The van der Waals surface area contributed by atoms with Gasteiger partial charge in [-0.2, -0.15) is 0 Å². The SMILES string of the molecule is Cc1cc(F)cc(-c2ccc(CNC(C)C)s2)c1. The minimum absolute atomic E-state index is 0.166. The van der Waals surface area contributed by atoms with Crippen LogP contribution in [0.25, 0.3) is 10.4 Å². The molecule has 0 unspecified atom stereocenters. The van der Waals surface area contributed by atoms with Crippen molar-refractivity contribution in [2.24, 2.45) is 0 Å². The van der Waals surface area contributed by atoms with Gasteiger partial charge in [0, 0.05) is 22.3 Å². The first-order valence-corrected chi connectivity index (χ1v) is 6.96. The van der Waals surface area contributed by atoms with Crippen molar-refractivity contribution in [3.8, 4) is 10.4 Å². The molecule has 0 amide bonds. The van der Waals surface area contributed by atoms with E-state index < -0.39 is 0 Å². The lowest BCUT2D eigenvalue weighted by Crippen LogP contribution is -2.21. The summed E-state index contributed by atoms with van der Waals surface area (Å²) in [5, 5.41) is 3.39. The molecule has 0 aliphatic rings. The van der Waals surface area contributed by atoms with Gasteiger partial charge in [0.05, 0.1) is 0 Å². The van der Waals surface area contributed by atoms with Crippen molar-refractivity contribution >= 4 is 11.3 Å². The number of aryl methyl sites for hydroxylation is 1. The Morgan fingerprint density at radius 3 is 2.67 bits per heavy atom. The number of hydrogen-bond acceptors (Lipinski definition) is 2. The zero-order chi connectivity index (χ0) is 13.1. The Morgan fingerprint density at radius 1 is 1.22 bits per heavy atom. The molecule has 1 nitrogen and oxygen atoms in total. The molecule has 2 rings (SSSR count). The summed E-state index contributed by atoms with van der Waals surface area (Å²) >= 11 is 1.72. The molecule has 0 radical (unpaired) electrons. The molecule has 1 aromatic heterocycles. The lowest BCUT2D eigenvalue weighted by Gasteiger charge is -2.05. The Hall–Kier alpha value is -1.19. The van der Waals surface area contributed by atoms with Crippen molar-refractivity contribution in [3.05, 3.63) is 46.6 Å². The number of halogens is 1. The second-order valence-electron chi connectivity index (χ2n) is 4.82. The maximum Gasteiger partial charge on any atom is 0.124 e. The molecule has 18 heavy (non-hydrogen) atoms. The number of thiophene rings is 1. The zero-order valence-electron chi connectivity index (χ0n) is 11.0. The largest absolute Gasteiger partial charge is 0.310 e. The summed E-state index contributed by atoms with van der Waals surface area (Å²) in [5.41, 5.74) is 1.92. The smallest absolute Gasteiger partial charge is 0.124 e. The highest BCUT2D eigenvalue weighted by molar-refractivity contribution is 7.15. The number of nitrogens with one attached hydrogen (secondary N) is 1. The van der Waals surface area contributed by atoms with Gasteiger partial charge >= 0.3 is 0 Å². The highest BCUT2D eigenvalue weighted by atomic mass is 32.1. The molecule has 0 fully saturated rings. The Bertz CT molecular complexity index is 511. The molecule has 0 aliphatic heterocycles. The van der Waals surface area contributed by atoms with Gasteiger partial charge in [0.2, 0.25) is 0 Å². The van der Waals surface area contributed by atoms with Crippen molar-refractivity contribution in [1.82, 2.24) is 5.32 Å². The topological polar surface area (TPSA) is 12.0 Å². The summed E-state index contributed by atoms with van der Waals surface area (Å²) in [6.07, 6.45) is 0. The van der Waals surface area contributed by atoms with Gasteiger partial charge in [0.15, 0.2) is 0 Å². The third kappa shape index (κ3) is 3.40. The molecule has 0 aliphatic carbocycles. The highest BCUT2D eigenvalue weighted by Gasteiger charge is 2.05. The van der Waals surface area contributed by atoms with Crippen LogP contribution in [0.5, 0.6) is 0 Å². The van der Waals surface area contributed by atoms with Crippen molar-refractivity contribution in [3.63, 3.8) is 0 Å². The quantitative estimate of drug-likeness (QED) is 0.864. The Labute approximate surface area is 112 Å². The van der Waals surface area contributed by atoms with Crippen LogP contribution in [0.2, 0.25) is 0 Å². The van der Waals surface area contributed by atoms with Crippen LogP contribution in [0.15, 0.2) is 30.3 Å². The fraction of sp³-hybridized carbons (Fsp3) is 0.333. The third-order valence-corrected chi connectivity index (χ3v) is 3.81. The molecule has 3 heteroatoms. The number of hydrogen-bond donors (Lipinski definition) is 1. The molecule has 0 spiro atoms. The molecular weight excluding hydrogens is 245 g/mol. The van der Waals surface area contributed by atoms with Crippen LogP contribution in [0.4, 0.5) is 4.39 Å². The molecule has 1 heterocycles. The van der Waals surface area contributed by atoms with E-state index in [0.717, 1.165) is 22.5 Å². The summed E-state index contributed by atoms with van der Waals surface area (Å²) in [6.45, 7) is 7.05. The molecular formula is C15H18FNS. The van der Waals surface area contributed by atoms with Gasteiger partial charge in [0.25, 0.3) is 0 Å². The highest BCUT2D eigenvalue weighted by Crippen LogP contribution is 2.29. The van der Waals surface area contributed by atoms with Gasteiger partial charge in [-0.05, 0) is 42.3 Å². The van der Waals surface area contributed by atoms with Crippen molar-refractivity contribution in [1.29, 1.82) is 0 Å². The maximum absolute atomic E-state index is 13.4. The van der Waals surface area contributed by atoms with E-state index in [-0.39, 0.29) is 5.82 Å². The van der Waals surface area contributed by atoms with E-state index >= 15 is 0 Å². The van der Waals surface area contributed by atoms with E-state index in [2.05, 4.69) is 31.3 Å². The lowest BCUT2D eigenvalue weighted by molar-refractivity contribution is 0.593. The van der Waals surface area contributed by atoms with Crippen LogP contribution < -0.4 is 5.32 Å². The van der Waals surface area contributed by atoms with Crippen LogP contribution >= 0.6 is 11.3 Å². The molecule has 1 aromatic carbocycles. The maximum atomic E-state index is 13.4. The van der Waals surface area contributed by atoms with Crippen molar-refractivity contribution in [2.45, 2.75) is 33.4 Å². The summed E-state index contributed by atoms with van der Waals surface area (Å²) in [6, 6.07) is 9.82. The number of rotatable bonds is 4. The predicted molar refractivity (Wildman–Crippen MR) is 76.4 cm³/mol. The van der Waals surface area contributed by atoms with E-state index in [1.165, 1.54) is 4.88 Å². The molecule has 96 valence electrons. The van der Waals surface area contributed by atoms with Crippen LogP contribution in [-0.4, -0.2) is 6.04 Å². The van der Waals surface area contributed by atoms with Crippen LogP contribution in [-0.2, 0) is 6.54 Å². The standard InChI is InChI=1S/C15H18FNS/c1-10(2)17-9-14-4-5-15(18-14)12-6-11(3)7-13(16)8-12/h4-8,10,17H,9H2,1-3H3. The molecule has 2 aromatic rings. The summed E-state index contributed by atoms with van der Waals surface area (Å²) in [4.78, 5) is 2.40. The van der Waals surface area contributed by atoms with Crippen molar-refractivity contribution < 1.29 is 4.39 Å². The number of benzene rings is 1. The summed E-state index contributed by atoms with van der Waals surface area (Å²) in [7, 11) is 0. The van der Waals surface area contributed by atoms with E-state index in [4.69, 9.17) is 0 Å². The average molecular weight is 263 g/mol. The van der Waals surface area contributed by atoms with Gasteiger partial charge in [-0.25, -0.2) is 4.39 Å². The fourth-order valence-corrected chi connectivity index (χ4v) is 2.76. The monoisotopic (exact) mass is 263 g/mol. The molecule has 0 saturated heterocycles. The first kappa shape index (κ1) is 13.2. The van der Waals surface area contributed by atoms with Gasteiger partial charge in [-0.3, -0.25) is 0 Å². The van der Waals surface area contributed by atoms with E-state index in [1.54, 1.807) is 23.5 Å².